The van der Waals surface area contributed by atoms with E-state index in [9.17, 15) is 9.59 Å². The second-order valence-electron chi connectivity index (χ2n) is 8.00. The summed E-state index contributed by atoms with van der Waals surface area (Å²) in [4.78, 5) is 26.3. The molecule has 0 bridgehead atoms. The number of nitrogens with one attached hydrogen (secondary N) is 3. The fraction of sp³-hybridized carbons (Fsp3) is 0.619. The molecule has 0 radical (unpaired) electrons. The number of fused-ring (bicyclic) bond motifs is 1. The van der Waals surface area contributed by atoms with Crippen molar-refractivity contribution in [2.45, 2.75) is 49.6 Å². The van der Waals surface area contributed by atoms with Gasteiger partial charge in [-0.2, -0.15) is 23.5 Å². The molecule has 6 nitrogen and oxygen atoms in total. The summed E-state index contributed by atoms with van der Waals surface area (Å²) in [6.07, 6.45) is 3.48. The molecule has 0 aliphatic carbocycles. The standard InChI is InChI=1S/C21H30N4O2S2/c26-19(7-2-1-6-18-20-17(14-29-18)23-21(27)24-20)22-16-5-3-4-15(12-16)13-25-8-10-28-11-9-25/h3-5,12,17-18,20H,1-2,6-11,13-14H2,(H,22,26)(H2,23,24,27)/t17-,18-,20-/m0/s1. The van der Waals surface area contributed by atoms with Crippen LogP contribution in [0.2, 0.25) is 0 Å². The Kier molecular flexibility index (Phi) is 7.26. The van der Waals surface area contributed by atoms with Gasteiger partial charge in [-0.15, -0.1) is 0 Å². The number of amides is 3. The zero-order valence-corrected chi connectivity index (χ0v) is 18.3. The molecule has 1 aromatic carbocycles. The second-order valence-corrected chi connectivity index (χ2v) is 10.5. The molecule has 4 rings (SSSR count). The van der Waals surface area contributed by atoms with E-state index in [2.05, 4.69) is 33.0 Å². The number of hydrogen-bond acceptors (Lipinski definition) is 5. The van der Waals surface area contributed by atoms with Crippen LogP contribution in [0.4, 0.5) is 10.5 Å². The lowest BCUT2D eigenvalue weighted by Gasteiger charge is -2.26. The monoisotopic (exact) mass is 434 g/mol. The maximum Gasteiger partial charge on any atom is 0.315 e. The summed E-state index contributed by atoms with van der Waals surface area (Å²) in [6, 6.07) is 8.73. The number of nitrogens with zero attached hydrogens (tertiary/aromatic N) is 1. The first-order valence-corrected chi connectivity index (χ1v) is 12.8. The maximum atomic E-state index is 12.3. The highest BCUT2D eigenvalue weighted by molar-refractivity contribution is 8.00. The minimum atomic E-state index is -0.0360. The molecule has 29 heavy (non-hydrogen) atoms. The van der Waals surface area contributed by atoms with Gasteiger partial charge in [0.2, 0.25) is 5.91 Å². The normalized spacial score (nSPS) is 26.6. The molecule has 3 aliphatic rings. The SMILES string of the molecule is O=C(CCCC[C@@H]1SC[C@@H]2NC(=O)N[C@@H]21)Nc1cccc(CN2CCSCC2)c1. The van der Waals surface area contributed by atoms with Crippen molar-refractivity contribution in [1.82, 2.24) is 15.5 Å². The Bertz CT molecular complexity index is 726. The first-order valence-electron chi connectivity index (χ1n) is 10.5. The molecule has 0 aromatic heterocycles. The molecule has 1 aromatic rings. The van der Waals surface area contributed by atoms with Crippen LogP contribution < -0.4 is 16.0 Å². The molecule has 3 amide bonds. The molecule has 3 heterocycles. The smallest absolute Gasteiger partial charge is 0.315 e. The van der Waals surface area contributed by atoms with E-state index in [1.54, 1.807) is 0 Å². The highest BCUT2D eigenvalue weighted by atomic mass is 32.2. The summed E-state index contributed by atoms with van der Waals surface area (Å²) in [5, 5.41) is 9.52. The van der Waals surface area contributed by atoms with Crippen LogP contribution >= 0.6 is 23.5 Å². The van der Waals surface area contributed by atoms with Crippen molar-refractivity contribution >= 4 is 41.1 Å². The predicted octanol–water partition coefficient (Wildman–Crippen LogP) is 2.90. The van der Waals surface area contributed by atoms with Crippen LogP contribution in [-0.2, 0) is 11.3 Å². The van der Waals surface area contributed by atoms with E-state index in [1.165, 1.54) is 17.1 Å². The van der Waals surface area contributed by atoms with Crippen molar-refractivity contribution in [3.63, 3.8) is 0 Å². The Hall–Kier alpha value is -1.38. The first-order chi connectivity index (χ1) is 14.2. The molecule has 158 valence electrons. The van der Waals surface area contributed by atoms with E-state index >= 15 is 0 Å². The van der Waals surface area contributed by atoms with Crippen molar-refractivity contribution < 1.29 is 9.59 Å². The lowest BCUT2D eigenvalue weighted by atomic mass is 10.0. The average Bonchev–Trinajstić information content (AvgIpc) is 3.26. The van der Waals surface area contributed by atoms with E-state index in [0.717, 1.165) is 50.3 Å². The van der Waals surface area contributed by atoms with E-state index in [1.807, 2.05) is 35.7 Å². The van der Waals surface area contributed by atoms with Gasteiger partial charge in [0.25, 0.3) is 0 Å². The third-order valence-corrected chi connectivity index (χ3v) is 8.25. The topological polar surface area (TPSA) is 73.5 Å². The zero-order chi connectivity index (χ0) is 20.1. The summed E-state index contributed by atoms with van der Waals surface area (Å²) in [5.41, 5.74) is 2.16. The van der Waals surface area contributed by atoms with Crippen LogP contribution in [0, 0.1) is 0 Å². The van der Waals surface area contributed by atoms with Crippen LogP contribution in [0.5, 0.6) is 0 Å². The van der Waals surface area contributed by atoms with E-state index in [0.29, 0.717) is 11.7 Å². The molecule has 3 atom stereocenters. The molecule has 8 heteroatoms. The average molecular weight is 435 g/mol. The summed E-state index contributed by atoms with van der Waals surface area (Å²) in [6.45, 7) is 3.24. The Morgan fingerprint density at radius 1 is 1.21 bits per heavy atom. The molecule has 0 unspecified atom stereocenters. The molecule has 0 saturated carbocycles. The quantitative estimate of drug-likeness (QED) is 0.433. The Balaban J connectivity index is 1.16. The van der Waals surface area contributed by atoms with Crippen LogP contribution in [0.1, 0.15) is 31.2 Å². The summed E-state index contributed by atoms with van der Waals surface area (Å²) >= 11 is 3.95. The number of thioether (sulfide) groups is 2. The number of rotatable bonds is 8. The lowest BCUT2D eigenvalue weighted by Crippen LogP contribution is -2.36. The van der Waals surface area contributed by atoms with Crippen LogP contribution in [-0.4, -0.2) is 64.5 Å². The molecule has 3 saturated heterocycles. The fourth-order valence-corrected chi connectivity index (χ4v) is 6.78. The van der Waals surface area contributed by atoms with Gasteiger partial charge < -0.3 is 16.0 Å². The van der Waals surface area contributed by atoms with Gasteiger partial charge in [0, 0.05) is 54.3 Å². The molecular formula is C21H30N4O2S2. The van der Waals surface area contributed by atoms with Crippen LogP contribution in [0.3, 0.4) is 0 Å². The van der Waals surface area contributed by atoms with Crippen molar-refractivity contribution in [3.05, 3.63) is 29.8 Å². The minimum Gasteiger partial charge on any atom is -0.332 e. The van der Waals surface area contributed by atoms with Crippen LogP contribution in [0.25, 0.3) is 0 Å². The number of urea groups is 1. The summed E-state index contributed by atoms with van der Waals surface area (Å²) < 4.78 is 0. The lowest BCUT2D eigenvalue weighted by molar-refractivity contribution is -0.116. The predicted molar refractivity (Wildman–Crippen MR) is 122 cm³/mol. The first kappa shape index (κ1) is 20.9. The van der Waals surface area contributed by atoms with E-state index < -0.39 is 0 Å². The van der Waals surface area contributed by atoms with Gasteiger partial charge in [-0.25, -0.2) is 4.79 Å². The van der Waals surface area contributed by atoms with Crippen molar-refractivity contribution in [1.29, 1.82) is 0 Å². The Morgan fingerprint density at radius 3 is 2.93 bits per heavy atom. The van der Waals surface area contributed by atoms with Crippen LogP contribution in [0.15, 0.2) is 24.3 Å². The molecule has 3 N–H and O–H groups in total. The van der Waals surface area contributed by atoms with Crippen molar-refractivity contribution in [2.75, 3.05) is 35.7 Å². The van der Waals surface area contributed by atoms with E-state index in [-0.39, 0.29) is 24.0 Å². The maximum absolute atomic E-state index is 12.3. The van der Waals surface area contributed by atoms with Gasteiger partial charge in [-0.1, -0.05) is 18.6 Å². The third kappa shape index (κ3) is 5.83. The van der Waals surface area contributed by atoms with Crippen molar-refractivity contribution in [2.24, 2.45) is 0 Å². The fourth-order valence-electron chi connectivity index (χ4n) is 4.26. The van der Waals surface area contributed by atoms with Gasteiger partial charge in [0.05, 0.1) is 12.1 Å². The molecule has 3 fully saturated rings. The van der Waals surface area contributed by atoms with Gasteiger partial charge >= 0.3 is 6.03 Å². The molecular weight excluding hydrogens is 404 g/mol. The zero-order valence-electron chi connectivity index (χ0n) is 16.7. The number of benzene rings is 1. The minimum absolute atomic E-state index is 0.0360. The highest BCUT2D eigenvalue weighted by Crippen LogP contribution is 2.33. The summed E-state index contributed by atoms with van der Waals surface area (Å²) in [5.74, 6) is 3.49. The largest absolute Gasteiger partial charge is 0.332 e. The van der Waals surface area contributed by atoms with Gasteiger partial charge in [0.1, 0.15) is 0 Å². The number of hydrogen-bond donors (Lipinski definition) is 3. The molecule has 3 aliphatic heterocycles. The third-order valence-electron chi connectivity index (χ3n) is 5.80. The summed E-state index contributed by atoms with van der Waals surface area (Å²) in [7, 11) is 0. The number of unbranched alkanes of at least 4 members (excludes halogenated alkanes) is 1. The van der Waals surface area contributed by atoms with Gasteiger partial charge in [-0.05, 0) is 30.5 Å². The molecule has 0 spiro atoms. The highest BCUT2D eigenvalue weighted by Gasteiger charge is 2.42. The van der Waals surface area contributed by atoms with E-state index in [4.69, 9.17) is 0 Å². The van der Waals surface area contributed by atoms with Gasteiger partial charge in [-0.3, -0.25) is 9.69 Å². The van der Waals surface area contributed by atoms with Gasteiger partial charge in [0.15, 0.2) is 0 Å². The number of anilines is 1. The number of carbonyl (C=O) groups is 2. The Labute approximate surface area is 181 Å². The Morgan fingerprint density at radius 2 is 2.07 bits per heavy atom. The number of carbonyl (C=O) groups excluding carboxylic acids is 2. The second kappa shape index (κ2) is 10.1. The van der Waals surface area contributed by atoms with Crippen molar-refractivity contribution in [3.8, 4) is 0 Å².